The van der Waals surface area contributed by atoms with Gasteiger partial charge in [0.1, 0.15) is 12.8 Å². The molecule has 0 amide bonds. The average Bonchev–Trinajstić information content (AvgIpc) is 3.06. The van der Waals surface area contributed by atoms with Crippen molar-refractivity contribution in [2.45, 2.75) is 26.4 Å². The summed E-state index contributed by atoms with van der Waals surface area (Å²) in [6.07, 6.45) is 4.80. The molecule has 2 aliphatic rings. The molecule has 1 unspecified atom stereocenters. The Morgan fingerprint density at radius 3 is 3.05 bits per heavy atom. The van der Waals surface area contributed by atoms with Crippen LogP contribution in [-0.4, -0.2) is 47.0 Å². The van der Waals surface area contributed by atoms with E-state index >= 15 is 0 Å². The Kier molecular flexibility index (Phi) is 4.13. The van der Waals surface area contributed by atoms with E-state index in [9.17, 15) is 4.39 Å². The number of guanidine groups is 1. The van der Waals surface area contributed by atoms with Crippen molar-refractivity contribution < 1.29 is 4.39 Å². The summed E-state index contributed by atoms with van der Waals surface area (Å²) >= 11 is 0. The van der Waals surface area contributed by atoms with E-state index in [4.69, 9.17) is 0 Å². The van der Waals surface area contributed by atoms with Gasteiger partial charge in [-0.05, 0) is 31.1 Å². The maximum Gasteiger partial charge on any atom is 0.198 e. The van der Waals surface area contributed by atoms with Crippen LogP contribution in [0.5, 0.6) is 0 Å². The molecular weight excluding hydrogens is 283 g/mol. The van der Waals surface area contributed by atoms with Crippen LogP contribution in [-0.2, 0) is 0 Å². The lowest BCUT2D eigenvalue weighted by molar-refractivity contribution is 0.288. The maximum absolute atomic E-state index is 12.3. The predicted molar refractivity (Wildman–Crippen MR) is 84.6 cm³/mol. The Morgan fingerprint density at radius 2 is 2.36 bits per heavy atom. The van der Waals surface area contributed by atoms with Crippen LogP contribution in [0, 0.1) is 0 Å². The highest BCUT2D eigenvalue weighted by atomic mass is 19.1. The third-order valence-corrected chi connectivity index (χ3v) is 3.98. The van der Waals surface area contributed by atoms with Crippen LogP contribution < -0.4 is 10.6 Å². The van der Waals surface area contributed by atoms with Crippen LogP contribution >= 0.6 is 0 Å². The fourth-order valence-electron chi connectivity index (χ4n) is 2.85. The number of aromatic amines is 1. The fourth-order valence-corrected chi connectivity index (χ4v) is 2.85. The number of H-pyrrole nitrogens is 1. The van der Waals surface area contributed by atoms with E-state index in [1.54, 1.807) is 6.20 Å². The van der Waals surface area contributed by atoms with Gasteiger partial charge in [0.25, 0.3) is 0 Å². The molecule has 6 nitrogen and oxygen atoms in total. The smallest absolute Gasteiger partial charge is 0.198 e. The van der Waals surface area contributed by atoms with Gasteiger partial charge in [-0.3, -0.25) is 5.10 Å². The van der Waals surface area contributed by atoms with Gasteiger partial charge in [0.05, 0.1) is 5.69 Å². The molecule has 1 aromatic heterocycles. The number of nitrogens with zero attached hydrogens (tertiary/aromatic N) is 3. The highest BCUT2D eigenvalue weighted by molar-refractivity contribution is 5.83. The van der Waals surface area contributed by atoms with E-state index in [1.165, 1.54) is 11.1 Å². The molecule has 0 aromatic carbocycles. The number of aliphatic imine (C=N–C) groups is 1. The van der Waals surface area contributed by atoms with Gasteiger partial charge in [0, 0.05) is 37.6 Å². The standard InChI is InChI=1S/C15H21FN6/c1-3-22-9-11(13-4-6-18-21-13)8-12-10(2)19-15(17-7-5-16)20-14(12)22/h4,6,9,14H,3,5,7-8H2,1-2H3,(H,18,21)(H2,17,19,20). The van der Waals surface area contributed by atoms with E-state index in [-0.39, 0.29) is 12.7 Å². The highest BCUT2D eigenvalue weighted by Crippen LogP contribution is 2.33. The molecule has 22 heavy (non-hydrogen) atoms. The molecule has 0 aliphatic carbocycles. The summed E-state index contributed by atoms with van der Waals surface area (Å²) in [6, 6.07) is 1.98. The summed E-state index contributed by atoms with van der Waals surface area (Å²) < 4.78 is 12.3. The number of nitrogens with one attached hydrogen (secondary N) is 3. The van der Waals surface area contributed by atoms with Gasteiger partial charge in [-0.15, -0.1) is 0 Å². The van der Waals surface area contributed by atoms with Crippen molar-refractivity contribution >= 4 is 11.5 Å². The molecule has 118 valence electrons. The first kappa shape index (κ1) is 14.6. The van der Waals surface area contributed by atoms with Gasteiger partial charge in [-0.2, -0.15) is 5.10 Å². The molecule has 3 rings (SSSR count). The number of hydrogen-bond donors (Lipinski definition) is 3. The van der Waals surface area contributed by atoms with Crippen LogP contribution in [0.25, 0.3) is 5.57 Å². The number of rotatable bonds is 4. The normalized spacial score (nSPS) is 21.0. The second-order valence-electron chi connectivity index (χ2n) is 5.37. The molecule has 2 aliphatic heterocycles. The van der Waals surface area contributed by atoms with Crippen molar-refractivity contribution in [1.29, 1.82) is 0 Å². The summed E-state index contributed by atoms with van der Waals surface area (Å²) in [5.74, 6) is 0.640. The summed E-state index contributed by atoms with van der Waals surface area (Å²) in [4.78, 5) is 6.74. The Hall–Kier alpha value is -2.31. The zero-order valence-corrected chi connectivity index (χ0v) is 12.9. The van der Waals surface area contributed by atoms with Crippen molar-refractivity contribution in [3.8, 4) is 0 Å². The van der Waals surface area contributed by atoms with E-state index in [1.807, 2.05) is 13.0 Å². The number of fused-ring (bicyclic) bond motifs is 1. The molecule has 3 N–H and O–H groups in total. The molecule has 7 heteroatoms. The number of hydrogen-bond acceptors (Lipinski definition) is 5. The van der Waals surface area contributed by atoms with Crippen molar-refractivity contribution in [3.63, 3.8) is 0 Å². The molecule has 0 fully saturated rings. The molecular formula is C15H21FN6. The number of aromatic nitrogens is 2. The maximum atomic E-state index is 12.3. The van der Waals surface area contributed by atoms with Crippen LogP contribution in [0.3, 0.4) is 0 Å². The molecule has 1 aromatic rings. The Labute approximate surface area is 129 Å². The fraction of sp³-hybridized carbons (Fsp3) is 0.467. The first-order valence-electron chi connectivity index (χ1n) is 7.53. The van der Waals surface area contributed by atoms with Gasteiger partial charge in [-0.1, -0.05) is 0 Å². The molecule has 0 bridgehead atoms. The Morgan fingerprint density at radius 1 is 1.50 bits per heavy atom. The quantitative estimate of drug-likeness (QED) is 0.790. The summed E-state index contributed by atoms with van der Waals surface area (Å²) in [6.45, 7) is 4.83. The molecule has 0 radical (unpaired) electrons. The topological polar surface area (TPSA) is 68.3 Å². The third-order valence-electron chi connectivity index (χ3n) is 3.98. The number of halogens is 1. The monoisotopic (exact) mass is 304 g/mol. The summed E-state index contributed by atoms with van der Waals surface area (Å²) in [5.41, 5.74) is 4.44. The minimum atomic E-state index is -0.414. The molecule has 0 saturated carbocycles. The Bertz CT molecular complexity index is 616. The minimum Gasteiger partial charge on any atom is -0.354 e. The van der Waals surface area contributed by atoms with Crippen molar-refractivity contribution in [3.05, 3.63) is 35.4 Å². The number of alkyl halides is 1. The van der Waals surface area contributed by atoms with Crippen molar-refractivity contribution in [2.75, 3.05) is 19.8 Å². The molecule has 0 spiro atoms. The summed E-state index contributed by atoms with van der Waals surface area (Å²) in [5, 5.41) is 13.4. The average molecular weight is 304 g/mol. The molecule has 3 heterocycles. The predicted octanol–water partition coefficient (Wildman–Crippen LogP) is 1.59. The lowest BCUT2D eigenvalue weighted by Crippen LogP contribution is -2.54. The second-order valence-corrected chi connectivity index (χ2v) is 5.37. The van der Waals surface area contributed by atoms with Crippen LogP contribution in [0.15, 0.2) is 34.7 Å². The zero-order valence-electron chi connectivity index (χ0n) is 12.9. The zero-order chi connectivity index (χ0) is 15.5. The first-order valence-corrected chi connectivity index (χ1v) is 7.53. The van der Waals surface area contributed by atoms with Gasteiger partial charge < -0.3 is 15.5 Å². The SMILES string of the molecule is CCN1C=C(c2ccn[nH]2)CC2=C(C)N=C(NCCF)NC21. The highest BCUT2D eigenvalue weighted by Gasteiger charge is 2.31. The minimum absolute atomic E-state index is 0.0660. The number of allylic oxidation sites excluding steroid dienone is 2. The van der Waals surface area contributed by atoms with Gasteiger partial charge in [0.2, 0.25) is 0 Å². The second kappa shape index (κ2) is 6.21. The van der Waals surface area contributed by atoms with Gasteiger partial charge >= 0.3 is 0 Å². The van der Waals surface area contributed by atoms with E-state index in [2.05, 4.69) is 43.8 Å². The Balaban J connectivity index is 1.90. The molecule has 1 atom stereocenters. The van der Waals surface area contributed by atoms with E-state index < -0.39 is 6.67 Å². The van der Waals surface area contributed by atoms with Crippen LogP contribution in [0.4, 0.5) is 4.39 Å². The van der Waals surface area contributed by atoms with Crippen LogP contribution in [0.1, 0.15) is 26.0 Å². The van der Waals surface area contributed by atoms with Gasteiger partial charge in [0.15, 0.2) is 5.96 Å². The van der Waals surface area contributed by atoms with E-state index in [0.29, 0.717) is 5.96 Å². The summed E-state index contributed by atoms with van der Waals surface area (Å²) in [7, 11) is 0. The lowest BCUT2D eigenvalue weighted by Gasteiger charge is -2.40. The lowest BCUT2D eigenvalue weighted by atomic mass is 9.94. The first-order chi connectivity index (χ1) is 10.7. The van der Waals surface area contributed by atoms with Crippen molar-refractivity contribution in [2.24, 2.45) is 4.99 Å². The molecule has 0 saturated heterocycles. The van der Waals surface area contributed by atoms with Crippen LogP contribution in [0.2, 0.25) is 0 Å². The number of likely N-dealkylation sites (N-methyl/N-ethyl adjacent to an activating group) is 1. The largest absolute Gasteiger partial charge is 0.354 e. The third kappa shape index (κ3) is 2.70. The van der Waals surface area contributed by atoms with Crippen molar-refractivity contribution in [1.82, 2.24) is 25.7 Å². The van der Waals surface area contributed by atoms with E-state index in [0.717, 1.165) is 24.4 Å². The van der Waals surface area contributed by atoms with Gasteiger partial charge in [-0.25, -0.2) is 9.38 Å².